The van der Waals surface area contributed by atoms with Gasteiger partial charge in [-0.3, -0.25) is 14.8 Å². The molecule has 0 aromatic heterocycles. The highest BCUT2D eigenvalue weighted by atomic mass is 16.7. The number of phenolic OH excluding ortho intramolecular Hbond substituents is 2. The number of hydrogen-bond donors (Lipinski definition) is 7. The Morgan fingerprint density at radius 2 is 1.57 bits per heavy atom. The SMILES string of the molecule is CO[C@H]1/C=C/O[C@@]2(C)Oc3c(C)c(O)c4c(O)c(c5c(c4c3C2O)=NC2(CCN(CC(C)C)CC2)N=5)NC(=O)/C(C)=C\C=C\[C@H](C)[C@H](O)[C@@H](C)[C@@H](O)[C@@H](C)[C@H](OC(=O)NC2CCN(C(C)C)CC2)[C@@H]1C. The van der Waals surface area contributed by atoms with Gasteiger partial charge < -0.3 is 64.9 Å². The highest BCUT2D eigenvalue weighted by Crippen LogP contribution is 2.54. The number of anilines is 1. The van der Waals surface area contributed by atoms with Crippen LogP contribution in [0.4, 0.5) is 10.5 Å². The van der Waals surface area contributed by atoms with Gasteiger partial charge in [0.05, 0.1) is 35.3 Å². The molecule has 2 fully saturated rings. The second kappa shape index (κ2) is 21.1. The number of hydrogen-bond acceptors (Lipinski definition) is 15. The van der Waals surface area contributed by atoms with Crippen LogP contribution in [0, 0.1) is 36.5 Å². The van der Waals surface area contributed by atoms with Crippen molar-refractivity contribution in [3.05, 3.63) is 58.0 Å². The zero-order chi connectivity index (χ0) is 51.1. The number of allylic oxidation sites excluding steroid dienone is 2. The summed E-state index contributed by atoms with van der Waals surface area (Å²) in [5.74, 6) is -4.99. The molecule has 6 aliphatic rings. The summed E-state index contributed by atoms with van der Waals surface area (Å²) in [6.07, 6.45) is 4.59. The first-order chi connectivity index (χ1) is 33.0. The lowest BCUT2D eigenvalue weighted by atomic mass is 9.78. The van der Waals surface area contributed by atoms with Gasteiger partial charge in [0.25, 0.3) is 11.7 Å². The number of fused-ring (bicyclic) bond motifs is 13. The van der Waals surface area contributed by atoms with Crippen molar-refractivity contribution in [2.24, 2.45) is 39.6 Å². The van der Waals surface area contributed by atoms with E-state index in [4.69, 9.17) is 28.9 Å². The Labute approximate surface area is 412 Å². The van der Waals surface area contributed by atoms with E-state index in [-0.39, 0.29) is 56.1 Å². The molecule has 2 amide bonds. The number of amides is 2. The molecule has 8 rings (SSSR count). The number of nitrogens with zero attached hydrogens (tertiary/aromatic N) is 4. The summed E-state index contributed by atoms with van der Waals surface area (Å²) < 4.78 is 25.0. The number of benzene rings is 2. The van der Waals surface area contributed by atoms with Gasteiger partial charge in [0, 0.05) is 117 Å². The van der Waals surface area contributed by atoms with Crippen LogP contribution in [-0.2, 0) is 19.0 Å². The van der Waals surface area contributed by atoms with E-state index in [1.54, 1.807) is 58.9 Å². The normalized spacial score (nSPS) is 33.0. The van der Waals surface area contributed by atoms with Crippen LogP contribution < -0.4 is 26.1 Å². The number of carbonyl (C=O) groups is 2. The van der Waals surface area contributed by atoms with E-state index < -0.39 is 83.4 Å². The number of ether oxygens (including phenoxy) is 4. The Bertz CT molecular complexity index is 2490. The van der Waals surface area contributed by atoms with Gasteiger partial charge in [0.1, 0.15) is 28.6 Å². The standard InChI is InChI=1S/C53H78N6O11/c1-27(2)26-58-23-19-53(20-24-58)56-40-37-38-45(62)34(10)48-39(37)49(64)52(11,70-48)68-25-18-36(67-12)31(7)47(69-51(66)54-35-16-21-59(22-17-35)28(3)4)33(9)44(61)32(8)43(60)29(5)14-13-15-30(6)50(65)55-42(46(38)63)41(40)57-53/h13-15,18,25,27-29,31-33,35-36,43-44,47,49,60-64H,16-17,19-24,26H2,1-12H3,(H,54,66)(H,55,65)/b14-13+,25-18+,30-15-/t29-,31+,32+,33+,36-,43-,44+,47+,49?,52-/m0/s1. The third-order valence-corrected chi connectivity index (χ3v) is 15.6. The summed E-state index contributed by atoms with van der Waals surface area (Å²) in [6.45, 7) is 24.6. The minimum Gasteiger partial charge on any atom is -0.507 e. The number of aliphatic hydroxyl groups is 3. The van der Waals surface area contributed by atoms with Crippen molar-refractivity contribution in [1.29, 1.82) is 0 Å². The van der Waals surface area contributed by atoms with Crippen molar-refractivity contribution in [3.8, 4) is 17.2 Å². The van der Waals surface area contributed by atoms with Crippen LogP contribution in [0.3, 0.4) is 0 Å². The zero-order valence-corrected chi connectivity index (χ0v) is 43.2. The maximum atomic E-state index is 14.1. The number of carbonyl (C=O) groups excluding carboxylic acids is 2. The molecule has 0 saturated carbocycles. The summed E-state index contributed by atoms with van der Waals surface area (Å²) in [7, 11) is 1.51. The second-order valence-corrected chi connectivity index (χ2v) is 21.5. The van der Waals surface area contributed by atoms with E-state index in [9.17, 15) is 35.1 Å². The summed E-state index contributed by atoms with van der Waals surface area (Å²) in [5.41, 5.74) is -0.255. The lowest BCUT2D eigenvalue weighted by molar-refractivity contribution is -0.181. The van der Waals surface area contributed by atoms with E-state index >= 15 is 0 Å². The Morgan fingerprint density at radius 1 is 0.914 bits per heavy atom. The topological polar surface area (TPSA) is 227 Å². The largest absolute Gasteiger partial charge is 0.507 e. The van der Waals surface area contributed by atoms with E-state index in [0.29, 0.717) is 43.2 Å². The molecule has 70 heavy (non-hydrogen) atoms. The highest BCUT2D eigenvalue weighted by molar-refractivity contribution is 6.08. The fraction of sp³-hybridized carbons (Fsp3) is 0.660. The molecule has 2 aromatic carbocycles. The molecule has 17 heteroatoms. The van der Waals surface area contributed by atoms with Crippen LogP contribution in [0.2, 0.25) is 0 Å². The number of piperidine rings is 2. The Balaban J connectivity index is 1.31. The summed E-state index contributed by atoms with van der Waals surface area (Å²) in [5, 5.41) is 66.9. The molecule has 10 atom stereocenters. The van der Waals surface area contributed by atoms with Gasteiger partial charge in [-0.05, 0) is 52.5 Å². The van der Waals surface area contributed by atoms with Crippen molar-refractivity contribution in [2.45, 2.75) is 156 Å². The van der Waals surface area contributed by atoms with Crippen LogP contribution in [-0.4, -0.2) is 135 Å². The number of aliphatic hydroxyl groups excluding tert-OH is 3. The molecule has 6 aliphatic heterocycles. The van der Waals surface area contributed by atoms with Gasteiger partial charge in [0.15, 0.2) is 17.5 Å². The number of methoxy groups -OCH3 is 1. The maximum Gasteiger partial charge on any atom is 0.407 e. The van der Waals surface area contributed by atoms with Crippen molar-refractivity contribution in [1.82, 2.24) is 15.1 Å². The first-order valence-electron chi connectivity index (χ1n) is 25.3. The molecule has 0 aliphatic carbocycles. The summed E-state index contributed by atoms with van der Waals surface area (Å²) >= 11 is 0. The second-order valence-electron chi connectivity index (χ2n) is 21.5. The van der Waals surface area contributed by atoms with E-state index in [1.165, 1.54) is 13.4 Å². The van der Waals surface area contributed by atoms with Crippen molar-refractivity contribution < 1.29 is 54.1 Å². The number of aromatic hydroxyl groups is 2. The molecule has 17 nitrogen and oxygen atoms in total. The van der Waals surface area contributed by atoms with Gasteiger partial charge in [-0.2, -0.15) is 0 Å². The van der Waals surface area contributed by atoms with Crippen LogP contribution >= 0.6 is 0 Å². The van der Waals surface area contributed by atoms with Crippen LogP contribution in [0.25, 0.3) is 10.8 Å². The van der Waals surface area contributed by atoms with Crippen LogP contribution in [0.1, 0.15) is 112 Å². The lowest BCUT2D eigenvalue weighted by Crippen LogP contribution is -2.50. The molecule has 2 aromatic rings. The minimum atomic E-state index is -1.78. The first kappa shape index (κ1) is 53.0. The molecule has 5 bridgehead atoms. The summed E-state index contributed by atoms with van der Waals surface area (Å²) in [6, 6.07) is 0.308. The molecule has 6 heterocycles. The van der Waals surface area contributed by atoms with Gasteiger partial charge >= 0.3 is 6.09 Å². The fourth-order valence-corrected chi connectivity index (χ4v) is 11.0. The third kappa shape index (κ3) is 10.4. The van der Waals surface area contributed by atoms with Crippen LogP contribution in [0.15, 0.2) is 46.1 Å². The Morgan fingerprint density at radius 3 is 2.20 bits per heavy atom. The maximum absolute atomic E-state index is 14.1. The molecule has 386 valence electrons. The van der Waals surface area contributed by atoms with E-state index in [1.807, 2.05) is 13.8 Å². The molecular weight excluding hydrogens is 897 g/mol. The van der Waals surface area contributed by atoms with E-state index in [0.717, 1.165) is 32.5 Å². The number of likely N-dealkylation sites (tertiary alicyclic amines) is 2. The lowest BCUT2D eigenvalue weighted by Gasteiger charge is -2.39. The predicted molar refractivity (Wildman–Crippen MR) is 266 cm³/mol. The molecule has 2 saturated heterocycles. The minimum absolute atomic E-state index is 0.0268. The van der Waals surface area contributed by atoms with Gasteiger partial charge in [-0.15, -0.1) is 0 Å². The average molecular weight is 975 g/mol. The van der Waals surface area contributed by atoms with Gasteiger partial charge in [-0.1, -0.05) is 59.8 Å². The van der Waals surface area contributed by atoms with Crippen molar-refractivity contribution >= 4 is 28.5 Å². The van der Waals surface area contributed by atoms with Gasteiger partial charge in [0.2, 0.25) is 0 Å². The summed E-state index contributed by atoms with van der Waals surface area (Å²) in [4.78, 5) is 43.0. The zero-order valence-electron chi connectivity index (χ0n) is 43.2. The highest BCUT2D eigenvalue weighted by Gasteiger charge is 2.50. The molecule has 1 spiro atoms. The third-order valence-electron chi connectivity index (χ3n) is 15.6. The van der Waals surface area contributed by atoms with Crippen molar-refractivity contribution in [3.63, 3.8) is 0 Å². The Kier molecular flexibility index (Phi) is 16.0. The molecule has 1 unspecified atom stereocenters. The van der Waals surface area contributed by atoms with Crippen LogP contribution in [0.5, 0.6) is 17.2 Å². The average Bonchev–Trinajstić information content (AvgIpc) is 3.82. The number of nitrogens with one attached hydrogen (secondary N) is 2. The van der Waals surface area contributed by atoms with Crippen molar-refractivity contribution in [2.75, 3.05) is 45.2 Å². The first-order valence-corrected chi connectivity index (χ1v) is 25.3. The van der Waals surface area contributed by atoms with E-state index in [2.05, 4.69) is 48.1 Å². The molecule has 0 radical (unpaired) electrons. The number of rotatable bonds is 6. The smallest absolute Gasteiger partial charge is 0.407 e. The quantitative estimate of drug-likeness (QED) is 0.174. The van der Waals surface area contributed by atoms with Gasteiger partial charge in [-0.25, -0.2) is 4.79 Å². The molecule has 7 N–H and O–H groups in total. The fourth-order valence-electron chi connectivity index (χ4n) is 11.0. The number of phenols is 2. The monoisotopic (exact) mass is 975 g/mol. The number of alkyl carbamates (subject to hydrolysis) is 1. The predicted octanol–water partition coefficient (Wildman–Crippen LogP) is 5.64. The molecular formula is C53H78N6O11. The Hall–Kier alpha value is -4.78.